The van der Waals surface area contributed by atoms with Crippen molar-refractivity contribution in [3.63, 3.8) is 0 Å². The lowest BCUT2D eigenvalue weighted by Gasteiger charge is -2.03. The first-order chi connectivity index (χ1) is 6.72. The summed E-state index contributed by atoms with van der Waals surface area (Å²) < 4.78 is 9.52. The highest BCUT2D eigenvalue weighted by atomic mass is 35.5. The SMILES string of the molecule is COC(=O)COCc1cccc(Cl)c1. The van der Waals surface area contributed by atoms with Crippen LogP contribution in [-0.2, 0) is 20.9 Å². The van der Waals surface area contributed by atoms with E-state index in [9.17, 15) is 4.79 Å². The minimum Gasteiger partial charge on any atom is -0.467 e. The number of rotatable bonds is 4. The molecule has 0 amide bonds. The Balaban J connectivity index is 2.35. The molecule has 0 N–H and O–H groups in total. The lowest BCUT2D eigenvalue weighted by Crippen LogP contribution is -2.09. The Kier molecular flexibility index (Phi) is 4.43. The molecule has 0 unspecified atom stereocenters. The molecule has 1 aromatic carbocycles. The number of methoxy groups -OCH3 is 1. The average molecular weight is 215 g/mol. The quantitative estimate of drug-likeness (QED) is 0.720. The van der Waals surface area contributed by atoms with Crippen molar-refractivity contribution in [3.05, 3.63) is 34.9 Å². The Morgan fingerprint density at radius 3 is 2.93 bits per heavy atom. The number of carbonyl (C=O) groups is 1. The number of esters is 1. The lowest BCUT2D eigenvalue weighted by atomic mass is 10.2. The van der Waals surface area contributed by atoms with Crippen LogP contribution in [0, 0.1) is 0 Å². The molecule has 0 aromatic heterocycles. The molecule has 14 heavy (non-hydrogen) atoms. The van der Waals surface area contributed by atoms with Gasteiger partial charge in [-0.25, -0.2) is 4.79 Å². The first kappa shape index (κ1) is 11.0. The second-order valence-corrected chi connectivity index (χ2v) is 3.14. The highest BCUT2D eigenvalue weighted by Gasteiger charge is 2.00. The van der Waals surface area contributed by atoms with Gasteiger partial charge in [-0.05, 0) is 17.7 Å². The molecule has 1 aromatic rings. The second-order valence-electron chi connectivity index (χ2n) is 2.70. The van der Waals surface area contributed by atoms with Crippen LogP contribution in [0.15, 0.2) is 24.3 Å². The van der Waals surface area contributed by atoms with Gasteiger partial charge < -0.3 is 9.47 Å². The summed E-state index contributed by atoms with van der Waals surface area (Å²) in [5.41, 5.74) is 0.932. The minimum absolute atomic E-state index is 0.0387. The average Bonchev–Trinajstić information content (AvgIpc) is 2.17. The first-order valence-electron chi connectivity index (χ1n) is 4.11. The molecular weight excluding hydrogens is 204 g/mol. The molecule has 0 bridgehead atoms. The van der Waals surface area contributed by atoms with Crippen LogP contribution in [0.2, 0.25) is 5.02 Å². The summed E-state index contributed by atoms with van der Waals surface area (Å²) in [5, 5.41) is 0.657. The summed E-state index contributed by atoms with van der Waals surface area (Å²) in [6.07, 6.45) is 0. The van der Waals surface area contributed by atoms with Crippen LogP contribution < -0.4 is 0 Å². The molecular formula is C10H11ClO3. The molecule has 0 atom stereocenters. The summed E-state index contributed by atoms with van der Waals surface area (Å²) in [7, 11) is 1.32. The maximum Gasteiger partial charge on any atom is 0.331 e. The summed E-state index contributed by atoms with van der Waals surface area (Å²) in [5.74, 6) is -0.382. The summed E-state index contributed by atoms with van der Waals surface area (Å²) in [6, 6.07) is 7.28. The van der Waals surface area contributed by atoms with E-state index in [4.69, 9.17) is 16.3 Å². The molecule has 4 heteroatoms. The maximum atomic E-state index is 10.7. The zero-order valence-corrected chi connectivity index (χ0v) is 8.58. The van der Waals surface area contributed by atoms with Gasteiger partial charge in [0.25, 0.3) is 0 Å². The molecule has 0 heterocycles. The molecule has 0 saturated heterocycles. The Hall–Kier alpha value is -1.06. The molecule has 76 valence electrons. The predicted octanol–water partition coefficient (Wildman–Crippen LogP) is 2.03. The van der Waals surface area contributed by atoms with Crippen LogP contribution in [0.4, 0.5) is 0 Å². The number of hydrogen-bond donors (Lipinski definition) is 0. The van der Waals surface area contributed by atoms with Crippen molar-refractivity contribution in [2.24, 2.45) is 0 Å². The van der Waals surface area contributed by atoms with E-state index in [1.54, 1.807) is 12.1 Å². The predicted molar refractivity (Wildman–Crippen MR) is 53.1 cm³/mol. The zero-order valence-electron chi connectivity index (χ0n) is 7.83. The highest BCUT2D eigenvalue weighted by molar-refractivity contribution is 6.30. The van der Waals surface area contributed by atoms with Crippen molar-refractivity contribution in [1.29, 1.82) is 0 Å². The van der Waals surface area contributed by atoms with E-state index in [-0.39, 0.29) is 12.6 Å². The molecule has 0 radical (unpaired) electrons. The van der Waals surface area contributed by atoms with Gasteiger partial charge in [-0.2, -0.15) is 0 Å². The van der Waals surface area contributed by atoms with E-state index in [1.807, 2.05) is 12.1 Å². The normalized spacial score (nSPS) is 9.86. The molecule has 0 aliphatic carbocycles. The topological polar surface area (TPSA) is 35.5 Å². The van der Waals surface area contributed by atoms with Crippen LogP contribution in [0.3, 0.4) is 0 Å². The van der Waals surface area contributed by atoms with Crippen molar-refractivity contribution in [2.75, 3.05) is 13.7 Å². The van der Waals surface area contributed by atoms with Gasteiger partial charge >= 0.3 is 5.97 Å². The first-order valence-corrected chi connectivity index (χ1v) is 4.49. The fourth-order valence-corrected chi connectivity index (χ4v) is 1.15. The van der Waals surface area contributed by atoms with Gasteiger partial charge in [0, 0.05) is 5.02 Å². The van der Waals surface area contributed by atoms with Crippen LogP contribution >= 0.6 is 11.6 Å². The van der Waals surface area contributed by atoms with E-state index in [2.05, 4.69) is 4.74 Å². The van der Waals surface area contributed by atoms with Gasteiger partial charge in [0.15, 0.2) is 0 Å². The molecule has 0 spiro atoms. The third kappa shape index (κ3) is 3.77. The fourth-order valence-electron chi connectivity index (χ4n) is 0.938. The Morgan fingerprint density at radius 1 is 1.50 bits per heavy atom. The Labute approximate surface area is 87.6 Å². The molecule has 3 nitrogen and oxygen atoms in total. The number of benzene rings is 1. The highest BCUT2D eigenvalue weighted by Crippen LogP contribution is 2.11. The van der Waals surface area contributed by atoms with Crippen molar-refractivity contribution < 1.29 is 14.3 Å². The van der Waals surface area contributed by atoms with Crippen molar-refractivity contribution in [2.45, 2.75) is 6.61 Å². The summed E-state index contributed by atoms with van der Waals surface area (Å²) in [6.45, 7) is 0.318. The number of hydrogen-bond acceptors (Lipinski definition) is 3. The monoisotopic (exact) mass is 214 g/mol. The Morgan fingerprint density at radius 2 is 2.29 bits per heavy atom. The van der Waals surface area contributed by atoms with Crippen LogP contribution in [0.1, 0.15) is 5.56 Å². The van der Waals surface area contributed by atoms with Gasteiger partial charge in [0.05, 0.1) is 13.7 Å². The van der Waals surface area contributed by atoms with E-state index in [0.717, 1.165) is 5.56 Å². The van der Waals surface area contributed by atoms with Crippen LogP contribution in [0.5, 0.6) is 0 Å². The largest absolute Gasteiger partial charge is 0.467 e. The molecule has 0 aliphatic heterocycles. The van der Waals surface area contributed by atoms with Crippen molar-refractivity contribution >= 4 is 17.6 Å². The van der Waals surface area contributed by atoms with E-state index >= 15 is 0 Å². The number of carbonyl (C=O) groups excluding carboxylic acids is 1. The van der Waals surface area contributed by atoms with Gasteiger partial charge in [-0.15, -0.1) is 0 Å². The third-order valence-corrected chi connectivity index (χ3v) is 1.84. The van der Waals surface area contributed by atoms with Gasteiger partial charge in [-0.1, -0.05) is 23.7 Å². The second kappa shape index (κ2) is 5.62. The zero-order chi connectivity index (χ0) is 10.4. The van der Waals surface area contributed by atoms with Crippen LogP contribution in [-0.4, -0.2) is 19.7 Å². The lowest BCUT2D eigenvalue weighted by molar-refractivity contribution is -0.146. The Bertz CT molecular complexity index is 312. The van der Waals surface area contributed by atoms with E-state index in [1.165, 1.54) is 7.11 Å². The van der Waals surface area contributed by atoms with Gasteiger partial charge in [0.2, 0.25) is 0 Å². The van der Waals surface area contributed by atoms with E-state index in [0.29, 0.717) is 11.6 Å². The van der Waals surface area contributed by atoms with Gasteiger partial charge in [-0.3, -0.25) is 0 Å². The molecule has 1 rings (SSSR count). The van der Waals surface area contributed by atoms with Crippen LogP contribution in [0.25, 0.3) is 0 Å². The standard InChI is InChI=1S/C10H11ClO3/c1-13-10(12)7-14-6-8-3-2-4-9(11)5-8/h2-5H,6-7H2,1H3. The number of halogens is 1. The van der Waals surface area contributed by atoms with Gasteiger partial charge in [0.1, 0.15) is 6.61 Å². The third-order valence-electron chi connectivity index (χ3n) is 1.61. The van der Waals surface area contributed by atoms with Crippen molar-refractivity contribution in [3.8, 4) is 0 Å². The van der Waals surface area contributed by atoms with Crippen molar-refractivity contribution in [1.82, 2.24) is 0 Å². The smallest absolute Gasteiger partial charge is 0.331 e. The fraction of sp³-hybridized carbons (Fsp3) is 0.300. The summed E-state index contributed by atoms with van der Waals surface area (Å²) >= 11 is 5.77. The minimum atomic E-state index is -0.382. The maximum absolute atomic E-state index is 10.7. The van der Waals surface area contributed by atoms with E-state index < -0.39 is 0 Å². The molecule has 0 saturated carbocycles. The number of ether oxygens (including phenoxy) is 2. The molecule has 0 aliphatic rings. The molecule has 0 fully saturated rings. The summed E-state index contributed by atoms with van der Waals surface area (Å²) in [4.78, 5) is 10.7.